The molecule has 16 heavy (non-hydrogen) atoms. The van der Waals surface area contributed by atoms with E-state index in [1.165, 1.54) is 12.8 Å². The summed E-state index contributed by atoms with van der Waals surface area (Å²) < 4.78 is 0. The van der Waals surface area contributed by atoms with Crippen molar-refractivity contribution in [3.63, 3.8) is 0 Å². The van der Waals surface area contributed by atoms with E-state index in [1.54, 1.807) is 12.4 Å². The topological polar surface area (TPSA) is 55.0 Å². The van der Waals surface area contributed by atoms with Crippen LogP contribution in [0.25, 0.3) is 0 Å². The van der Waals surface area contributed by atoms with Crippen LogP contribution < -0.4 is 10.6 Å². The maximum Gasteiger partial charge on any atom is 0.149 e. The van der Waals surface area contributed by atoms with Crippen molar-refractivity contribution in [1.82, 2.24) is 9.97 Å². The lowest BCUT2D eigenvalue weighted by molar-refractivity contribution is 0.310. The minimum Gasteiger partial charge on any atom is -0.382 e. The van der Waals surface area contributed by atoms with Gasteiger partial charge >= 0.3 is 0 Å². The number of hydrogen-bond acceptors (Lipinski definition) is 4. The zero-order valence-electron chi connectivity index (χ0n) is 10.1. The molecule has 0 aliphatic carbocycles. The van der Waals surface area contributed by atoms with Crippen LogP contribution in [-0.4, -0.2) is 23.1 Å². The number of piperidine rings is 1. The lowest BCUT2D eigenvalue weighted by atomic mass is 9.87. The molecule has 0 aromatic carbocycles. The molecular formula is C12H20N4. The van der Waals surface area contributed by atoms with Crippen molar-refractivity contribution in [1.29, 1.82) is 0 Å². The highest BCUT2D eigenvalue weighted by atomic mass is 15.2. The van der Waals surface area contributed by atoms with Crippen LogP contribution in [0.3, 0.4) is 0 Å². The summed E-state index contributed by atoms with van der Waals surface area (Å²) in [5.41, 5.74) is 5.64. The van der Waals surface area contributed by atoms with Crippen LogP contribution >= 0.6 is 0 Å². The van der Waals surface area contributed by atoms with E-state index >= 15 is 0 Å². The van der Waals surface area contributed by atoms with Gasteiger partial charge in [0.15, 0.2) is 0 Å². The lowest BCUT2D eigenvalue weighted by Gasteiger charge is -2.34. The maximum atomic E-state index is 5.64. The van der Waals surface area contributed by atoms with E-state index in [4.69, 9.17) is 5.73 Å². The third kappa shape index (κ3) is 2.43. The number of nitrogens with zero attached hydrogens (tertiary/aromatic N) is 3. The van der Waals surface area contributed by atoms with Crippen molar-refractivity contribution in [2.45, 2.75) is 26.7 Å². The Morgan fingerprint density at radius 1 is 1.31 bits per heavy atom. The molecule has 2 N–H and O–H groups in total. The SMILES string of the molecule is CC(C)C1CCN(c2cncc(N)n2)CC1. The first-order chi connectivity index (χ1) is 7.66. The zero-order chi connectivity index (χ0) is 11.5. The molecular weight excluding hydrogens is 200 g/mol. The van der Waals surface area contributed by atoms with E-state index in [1.807, 2.05) is 0 Å². The van der Waals surface area contributed by atoms with Crippen molar-refractivity contribution >= 4 is 11.6 Å². The molecule has 1 aliphatic heterocycles. The fourth-order valence-corrected chi connectivity index (χ4v) is 2.32. The number of aromatic nitrogens is 2. The molecule has 0 amide bonds. The molecule has 0 saturated carbocycles. The van der Waals surface area contributed by atoms with Gasteiger partial charge in [0.1, 0.15) is 11.6 Å². The molecule has 2 rings (SSSR count). The fraction of sp³-hybridized carbons (Fsp3) is 0.667. The summed E-state index contributed by atoms with van der Waals surface area (Å²) in [6, 6.07) is 0. The van der Waals surface area contributed by atoms with E-state index in [0.717, 1.165) is 30.7 Å². The Hall–Kier alpha value is -1.32. The van der Waals surface area contributed by atoms with Gasteiger partial charge in [-0.1, -0.05) is 13.8 Å². The Morgan fingerprint density at radius 3 is 2.56 bits per heavy atom. The van der Waals surface area contributed by atoms with Crippen molar-refractivity contribution < 1.29 is 0 Å². The second-order valence-electron chi connectivity index (χ2n) is 4.87. The highest BCUT2D eigenvalue weighted by molar-refractivity contribution is 5.41. The molecule has 1 aromatic rings. The molecule has 1 aliphatic rings. The van der Waals surface area contributed by atoms with E-state index in [-0.39, 0.29) is 0 Å². The Kier molecular flexibility index (Phi) is 3.27. The highest BCUT2D eigenvalue weighted by Gasteiger charge is 2.22. The molecule has 4 nitrogen and oxygen atoms in total. The Bertz CT molecular complexity index is 343. The quantitative estimate of drug-likeness (QED) is 0.827. The van der Waals surface area contributed by atoms with Crippen molar-refractivity contribution in [3.8, 4) is 0 Å². The first kappa shape index (κ1) is 11.2. The van der Waals surface area contributed by atoms with Crippen LogP contribution in [0.2, 0.25) is 0 Å². The number of anilines is 2. The summed E-state index contributed by atoms with van der Waals surface area (Å²) in [5, 5.41) is 0. The summed E-state index contributed by atoms with van der Waals surface area (Å²) in [6.07, 6.45) is 5.87. The molecule has 0 spiro atoms. The van der Waals surface area contributed by atoms with Gasteiger partial charge in [-0.2, -0.15) is 0 Å². The van der Waals surface area contributed by atoms with Gasteiger partial charge in [-0.25, -0.2) is 4.98 Å². The van der Waals surface area contributed by atoms with Gasteiger partial charge in [-0.15, -0.1) is 0 Å². The molecule has 0 radical (unpaired) electrons. The Morgan fingerprint density at radius 2 is 2.00 bits per heavy atom. The third-order valence-electron chi connectivity index (χ3n) is 3.45. The van der Waals surface area contributed by atoms with E-state index in [0.29, 0.717) is 5.82 Å². The van der Waals surface area contributed by atoms with Crippen LogP contribution in [0.1, 0.15) is 26.7 Å². The summed E-state index contributed by atoms with van der Waals surface area (Å²) >= 11 is 0. The van der Waals surface area contributed by atoms with Gasteiger partial charge < -0.3 is 10.6 Å². The molecule has 4 heteroatoms. The second kappa shape index (κ2) is 4.68. The smallest absolute Gasteiger partial charge is 0.149 e. The summed E-state index contributed by atoms with van der Waals surface area (Å²) in [7, 11) is 0. The molecule has 1 fully saturated rings. The summed E-state index contributed by atoms with van der Waals surface area (Å²) in [5.74, 6) is 3.06. The van der Waals surface area contributed by atoms with Crippen LogP contribution in [-0.2, 0) is 0 Å². The van der Waals surface area contributed by atoms with Crippen molar-refractivity contribution in [2.24, 2.45) is 11.8 Å². The average Bonchev–Trinajstić information content (AvgIpc) is 2.29. The van der Waals surface area contributed by atoms with Gasteiger partial charge in [0.05, 0.1) is 12.4 Å². The summed E-state index contributed by atoms with van der Waals surface area (Å²) in [4.78, 5) is 10.7. The molecule has 88 valence electrons. The van der Waals surface area contributed by atoms with E-state index in [2.05, 4.69) is 28.7 Å². The monoisotopic (exact) mass is 220 g/mol. The highest BCUT2D eigenvalue weighted by Crippen LogP contribution is 2.26. The summed E-state index contributed by atoms with van der Waals surface area (Å²) in [6.45, 7) is 6.75. The molecule has 0 unspecified atom stereocenters. The van der Waals surface area contributed by atoms with Gasteiger partial charge in [0.2, 0.25) is 0 Å². The van der Waals surface area contributed by atoms with Gasteiger partial charge in [0, 0.05) is 13.1 Å². The van der Waals surface area contributed by atoms with Crippen LogP contribution in [0.15, 0.2) is 12.4 Å². The Labute approximate surface area is 96.9 Å². The normalized spacial score (nSPS) is 18.1. The van der Waals surface area contributed by atoms with Gasteiger partial charge in [-0.05, 0) is 24.7 Å². The lowest BCUT2D eigenvalue weighted by Crippen LogP contribution is -2.35. The molecule has 0 atom stereocenters. The van der Waals surface area contributed by atoms with Gasteiger partial charge in [0.25, 0.3) is 0 Å². The minimum absolute atomic E-state index is 0.503. The second-order valence-corrected chi connectivity index (χ2v) is 4.87. The molecule has 1 aromatic heterocycles. The van der Waals surface area contributed by atoms with Crippen LogP contribution in [0, 0.1) is 11.8 Å². The van der Waals surface area contributed by atoms with Crippen molar-refractivity contribution in [3.05, 3.63) is 12.4 Å². The van der Waals surface area contributed by atoms with Crippen LogP contribution in [0.5, 0.6) is 0 Å². The van der Waals surface area contributed by atoms with Crippen LogP contribution in [0.4, 0.5) is 11.6 Å². The first-order valence-electron chi connectivity index (χ1n) is 5.99. The Balaban J connectivity index is 1.99. The number of nitrogen functional groups attached to an aromatic ring is 1. The van der Waals surface area contributed by atoms with Crippen molar-refractivity contribution in [2.75, 3.05) is 23.7 Å². The predicted octanol–water partition coefficient (Wildman–Crippen LogP) is 1.93. The number of rotatable bonds is 2. The molecule has 1 saturated heterocycles. The largest absolute Gasteiger partial charge is 0.382 e. The fourth-order valence-electron chi connectivity index (χ4n) is 2.32. The number of nitrogens with two attached hydrogens (primary N) is 1. The standard InChI is InChI=1S/C12H20N4/c1-9(2)10-3-5-16(6-4-10)12-8-14-7-11(13)15-12/h7-10H,3-6H2,1-2H3,(H2,13,15). The minimum atomic E-state index is 0.503. The van der Waals surface area contributed by atoms with E-state index in [9.17, 15) is 0 Å². The van der Waals surface area contributed by atoms with Gasteiger partial charge in [-0.3, -0.25) is 4.98 Å². The third-order valence-corrected chi connectivity index (χ3v) is 3.45. The molecule has 0 bridgehead atoms. The predicted molar refractivity (Wildman–Crippen MR) is 66.2 cm³/mol. The number of hydrogen-bond donors (Lipinski definition) is 1. The average molecular weight is 220 g/mol. The zero-order valence-corrected chi connectivity index (χ0v) is 10.1. The first-order valence-corrected chi connectivity index (χ1v) is 5.99. The molecule has 2 heterocycles. The van der Waals surface area contributed by atoms with E-state index < -0.39 is 0 Å². The maximum absolute atomic E-state index is 5.64.